The maximum Gasteiger partial charge on any atom is 0.164 e. The Morgan fingerprint density at radius 2 is 1.92 bits per heavy atom. The molecule has 2 aliphatic heterocycles. The van der Waals surface area contributed by atoms with E-state index in [4.69, 9.17) is 4.74 Å². The lowest BCUT2D eigenvalue weighted by Gasteiger charge is -2.55. The number of ketones is 1. The molecule has 1 aromatic rings. The molecule has 1 saturated carbocycles. The lowest BCUT2D eigenvalue weighted by molar-refractivity contribution is -0.207. The normalized spacial score (nSPS) is 38.9. The van der Waals surface area contributed by atoms with Crippen LogP contribution in [0.5, 0.6) is 0 Å². The number of carbonyl (C=O) groups excluding carboxylic acids is 1. The molecule has 26 heavy (non-hydrogen) atoms. The third kappa shape index (κ3) is 2.30. The molecule has 3 heteroatoms. The second kappa shape index (κ2) is 5.77. The molecule has 2 aliphatic carbocycles. The molecule has 2 heterocycles. The number of fused-ring (bicyclic) bond motifs is 4. The van der Waals surface area contributed by atoms with Gasteiger partial charge in [-0.3, -0.25) is 9.69 Å². The predicted molar refractivity (Wildman–Crippen MR) is 102 cm³/mol. The Labute approximate surface area is 156 Å². The van der Waals surface area contributed by atoms with E-state index in [1.165, 1.54) is 18.4 Å². The van der Waals surface area contributed by atoms with Gasteiger partial charge in [0.2, 0.25) is 0 Å². The summed E-state index contributed by atoms with van der Waals surface area (Å²) < 4.78 is 6.75. The van der Waals surface area contributed by atoms with Gasteiger partial charge in [-0.25, -0.2) is 0 Å². The summed E-state index contributed by atoms with van der Waals surface area (Å²) in [6, 6.07) is 10.2. The maximum absolute atomic E-state index is 12.8. The minimum absolute atomic E-state index is 0.0109. The third-order valence-electron chi connectivity index (χ3n) is 7.47. The molecule has 3 nitrogen and oxygen atoms in total. The van der Waals surface area contributed by atoms with Gasteiger partial charge in [-0.2, -0.15) is 0 Å². The Morgan fingerprint density at radius 1 is 1.15 bits per heavy atom. The van der Waals surface area contributed by atoms with Crippen LogP contribution in [0.15, 0.2) is 35.9 Å². The smallest absolute Gasteiger partial charge is 0.164 e. The first-order valence-corrected chi connectivity index (χ1v) is 10.2. The van der Waals surface area contributed by atoms with Gasteiger partial charge >= 0.3 is 0 Å². The lowest BCUT2D eigenvalue weighted by Crippen LogP contribution is -2.62. The minimum Gasteiger partial charge on any atom is -0.356 e. The van der Waals surface area contributed by atoms with Crippen LogP contribution in [0, 0.1) is 17.8 Å². The topological polar surface area (TPSA) is 29.5 Å². The summed E-state index contributed by atoms with van der Waals surface area (Å²) in [5.74, 6) is 1.98. The van der Waals surface area contributed by atoms with Crippen molar-refractivity contribution >= 4 is 11.4 Å². The highest BCUT2D eigenvalue weighted by atomic mass is 16.5. The van der Waals surface area contributed by atoms with E-state index < -0.39 is 0 Å². The number of hydrogen-bond acceptors (Lipinski definition) is 3. The molecular formula is C23H29NO2. The van der Waals surface area contributed by atoms with Crippen molar-refractivity contribution in [1.29, 1.82) is 0 Å². The first-order valence-electron chi connectivity index (χ1n) is 10.2. The molecule has 0 amide bonds. The molecule has 0 radical (unpaired) electrons. The highest BCUT2D eigenvalue weighted by molar-refractivity contribution is 6.24. The first kappa shape index (κ1) is 16.7. The van der Waals surface area contributed by atoms with Crippen molar-refractivity contribution in [3.05, 3.63) is 41.5 Å². The van der Waals surface area contributed by atoms with Gasteiger partial charge in [0.25, 0.3) is 0 Å². The van der Waals surface area contributed by atoms with Crippen molar-refractivity contribution in [2.24, 2.45) is 17.8 Å². The second-order valence-electron chi connectivity index (χ2n) is 9.38. The van der Waals surface area contributed by atoms with E-state index in [1.54, 1.807) is 0 Å². The van der Waals surface area contributed by atoms with E-state index in [0.29, 0.717) is 30.1 Å². The quantitative estimate of drug-likeness (QED) is 0.756. The van der Waals surface area contributed by atoms with Crippen LogP contribution in [0.2, 0.25) is 0 Å². The molecule has 2 saturated heterocycles. The van der Waals surface area contributed by atoms with Gasteiger partial charge < -0.3 is 4.74 Å². The number of rotatable bonds is 1. The number of Topliss-reactive ketones (excluding diaryl/α,β-unsaturated/α-hetero) is 1. The molecule has 0 bridgehead atoms. The van der Waals surface area contributed by atoms with Crippen LogP contribution in [0.25, 0.3) is 5.57 Å². The molecule has 0 aromatic heterocycles. The zero-order valence-electron chi connectivity index (χ0n) is 16.1. The Hall–Kier alpha value is -1.45. The molecule has 5 rings (SSSR count). The van der Waals surface area contributed by atoms with Gasteiger partial charge in [0, 0.05) is 35.9 Å². The van der Waals surface area contributed by atoms with Crippen LogP contribution < -0.4 is 0 Å². The summed E-state index contributed by atoms with van der Waals surface area (Å²) >= 11 is 0. The fourth-order valence-electron chi connectivity index (χ4n) is 6.07. The van der Waals surface area contributed by atoms with Crippen molar-refractivity contribution in [3.63, 3.8) is 0 Å². The van der Waals surface area contributed by atoms with Gasteiger partial charge in [-0.15, -0.1) is 0 Å². The minimum atomic E-state index is -0.0109. The Bertz CT molecular complexity index is 766. The molecule has 4 aliphatic rings. The van der Waals surface area contributed by atoms with Crippen LogP contribution in [-0.2, 0) is 9.53 Å². The Morgan fingerprint density at radius 3 is 2.69 bits per heavy atom. The Kier molecular flexibility index (Phi) is 3.71. The number of hydrogen-bond donors (Lipinski definition) is 0. The number of ether oxygens (including phenoxy) is 1. The predicted octanol–water partition coefficient (Wildman–Crippen LogP) is 4.28. The number of allylic oxidation sites excluding steroid dienone is 1. The number of nitrogens with zero attached hydrogens (tertiary/aromatic N) is 1. The van der Waals surface area contributed by atoms with E-state index in [0.717, 1.165) is 30.0 Å². The van der Waals surface area contributed by atoms with Crippen molar-refractivity contribution in [2.45, 2.75) is 64.3 Å². The van der Waals surface area contributed by atoms with Crippen LogP contribution >= 0.6 is 0 Å². The van der Waals surface area contributed by atoms with Crippen molar-refractivity contribution in [3.8, 4) is 0 Å². The fraction of sp³-hybridized carbons (Fsp3) is 0.609. The largest absolute Gasteiger partial charge is 0.356 e. The maximum atomic E-state index is 12.8. The number of benzene rings is 1. The summed E-state index contributed by atoms with van der Waals surface area (Å²) in [4.78, 5) is 15.4. The molecule has 1 aromatic carbocycles. The summed E-state index contributed by atoms with van der Waals surface area (Å²) in [6.45, 7) is 8.13. The van der Waals surface area contributed by atoms with Gasteiger partial charge in [-0.05, 0) is 43.7 Å². The van der Waals surface area contributed by atoms with E-state index in [-0.39, 0.29) is 11.8 Å². The van der Waals surface area contributed by atoms with Gasteiger partial charge in [-0.1, -0.05) is 43.7 Å². The van der Waals surface area contributed by atoms with Crippen molar-refractivity contribution in [1.82, 2.24) is 4.90 Å². The van der Waals surface area contributed by atoms with Crippen LogP contribution in [0.3, 0.4) is 0 Å². The summed E-state index contributed by atoms with van der Waals surface area (Å²) in [6.07, 6.45) is 4.70. The molecule has 3 fully saturated rings. The monoisotopic (exact) mass is 351 g/mol. The highest BCUT2D eigenvalue weighted by Gasteiger charge is 2.57. The third-order valence-corrected chi connectivity index (χ3v) is 7.47. The fourth-order valence-corrected chi connectivity index (χ4v) is 6.07. The number of carbonyl (C=O) groups is 1. The van der Waals surface area contributed by atoms with Crippen LogP contribution in [-0.4, -0.2) is 35.1 Å². The Balaban J connectivity index is 1.59. The molecule has 5 atom stereocenters. The second-order valence-corrected chi connectivity index (χ2v) is 9.38. The molecule has 0 unspecified atom stereocenters. The zero-order valence-corrected chi connectivity index (χ0v) is 16.1. The van der Waals surface area contributed by atoms with Gasteiger partial charge in [0.05, 0.1) is 6.10 Å². The van der Waals surface area contributed by atoms with Gasteiger partial charge in [0.15, 0.2) is 5.78 Å². The zero-order chi connectivity index (χ0) is 18.1. The summed E-state index contributed by atoms with van der Waals surface area (Å²) in [5, 5.41) is 0. The average molecular weight is 351 g/mol. The van der Waals surface area contributed by atoms with Crippen molar-refractivity contribution < 1.29 is 9.53 Å². The van der Waals surface area contributed by atoms with Gasteiger partial charge in [0.1, 0.15) is 6.23 Å². The molecule has 0 N–H and O–H groups in total. The first-order chi connectivity index (χ1) is 12.5. The standard InChI is InChI=1S/C23H29NO2/c1-14-9-10-17-19(11-14)26-22-21-16(13-24(22)23(17,2)3)12-18(25)20(21)15-7-5-4-6-8-15/h4-8,14,16-17,19,22H,9-13H2,1-3H3/t14-,16+,17-,19-,22+/m1/s1. The molecule has 0 spiro atoms. The lowest BCUT2D eigenvalue weighted by atomic mass is 9.70. The van der Waals surface area contributed by atoms with Crippen molar-refractivity contribution in [2.75, 3.05) is 6.54 Å². The highest BCUT2D eigenvalue weighted by Crippen LogP contribution is 2.53. The summed E-state index contributed by atoms with van der Waals surface area (Å²) in [7, 11) is 0. The van der Waals surface area contributed by atoms with E-state index in [2.05, 4.69) is 37.8 Å². The van der Waals surface area contributed by atoms with E-state index in [1.807, 2.05) is 18.2 Å². The molecule has 138 valence electrons. The van der Waals surface area contributed by atoms with Crippen LogP contribution in [0.4, 0.5) is 0 Å². The van der Waals surface area contributed by atoms with Crippen LogP contribution in [0.1, 0.15) is 52.0 Å². The summed E-state index contributed by atoms with van der Waals surface area (Å²) in [5.41, 5.74) is 3.42. The van der Waals surface area contributed by atoms with E-state index >= 15 is 0 Å². The van der Waals surface area contributed by atoms with E-state index in [9.17, 15) is 4.79 Å². The molecular weight excluding hydrogens is 322 g/mol. The average Bonchev–Trinajstić information content (AvgIpc) is 3.11. The SMILES string of the molecule is C[C@@H]1CC[C@@H]2[C@@H](C1)O[C@H]1C3=C(c4ccccc4)C(=O)C[C@H]3CN1C2(C)C.